The molecule has 0 radical (unpaired) electrons. The summed E-state index contributed by atoms with van der Waals surface area (Å²) in [6.07, 6.45) is 6.91. The number of ether oxygens (including phenoxy) is 2. The number of aliphatic hydroxyl groups excluding tert-OH is 1. The lowest BCUT2D eigenvalue weighted by molar-refractivity contribution is -0.199. The molecule has 0 aromatic heterocycles. The first-order valence-electron chi connectivity index (χ1n) is 12.9. The number of hydrogen-bond donors (Lipinski definition) is 1. The molecule has 2 fully saturated rings. The molecule has 0 spiro atoms. The molecule has 7 atom stereocenters. The number of Topliss-reactive ketones (excluding diaryl/α,β-unsaturated/α-hetero) is 1. The zero-order valence-electron chi connectivity index (χ0n) is 21.9. The van der Waals surface area contributed by atoms with Crippen LogP contribution in [0.15, 0.2) is 23.8 Å². The molecule has 0 heterocycles. The maximum absolute atomic E-state index is 13.7. The zero-order chi connectivity index (χ0) is 26.2. The number of aliphatic hydroxyl groups is 1. The summed E-state index contributed by atoms with van der Waals surface area (Å²) >= 11 is 0. The minimum absolute atomic E-state index is 0.00217. The van der Waals surface area contributed by atoms with Gasteiger partial charge in [-0.2, -0.15) is 0 Å². The Morgan fingerprint density at radius 3 is 2.34 bits per heavy atom. The van der Waals surface area contributed by atoms with Crippen molar-refractivity contribution in [3.63, 3.8) is 0 Å². The summed E-state index contributed by atoms with van der Waals surface area (Å²) in [5.74, 6) is -1.88. The van der Waals surface area contributed by atoms with Gasteiger partial charge >= 0.3 is 11.9 Å². The molecule has 194 valence electrons. The maximum atomic E-state index is 13.7. The van der Waals surface area contributed by atoms with E-state index in [-0.39, 0.29) is 42.8 Å². The summed E-state index contributed by atoms with van der Waals surface area (Å²) in [4.78, 5) is 50.1. The van der Waals surface area contributed by atoms with Gasteiger partial charge in [-0.3, -0.25) is 19.2 Å². The van der Waals surface area contributed by atoms with Crippen LogP contribution in [-0.2, 0) is 28.7 Å². The van der Waals surface area contributed by atoms with Crippen molar-refractivity contribution in [2.45, 2.75) is 91.8 Å². The quantitative estimate of drug-likeness (QED) is 0.512. The molecule has 0 saturated heterocycles. The molecular weight excluding hydrogens is 448 g/mol. The van der Waals surface area contributed by atoms with Crippen LogP contribution < -0.4 is 0 Å². The summed E-state index contributed by atoms with van der Waals surface area (Å²) in [6.45, 7) is 10.8. The van der Waals surface area contributed by atoms with E-state index < -0.39 is 46.9 Å². The summed E-state index contributed by atoms with van der Waals surface area (Å²) in [6, 6.07) is 0. The van der Waals surface area contributed by atoms with Crippen LogP contribution in [0.25, 0.3) is 0 Å². The third kappa shape index (κ3) is 4.41. The minimum Gasteiger partial charge on any atom is -0.457 e. The Bertz CT molecular complexity index is 949. The second kappa shape index (κ2) is 10.00. The lowest BCUT2D eigenvalue weighted by atomic mass is 9.53. The van der Waals surface area contributed by atoms with Gasteiger partial charge in [-0.15, -0.1) is 0 Å². The molecule has 35 heavy (non-hydrogen) atoms. The maximum Gasteiger partial charge on any atom is 0.306 e. The number of allylic oxidation sites excluding steroid dienone is 4. The summed E-state index contributed by atoms with van der Waals surface area (Å²) < 4.78 is 11.2. The number of esters is 2. The number of hydrogen-bond acceptors (Lipinski definition) is 7. The highest BCUT2D eigenvalue weighted by Gasteiger charge is 2.70. The van der Waals surface area contributed by atoms with Gasteiger partial charge in [0.2, 0.25) is 5.78 Å². The predicted octanol–water partition coefficient (Wildman–Crippen LogP) is 4.12. The number of rotatable bonds is 8. The van der Waals surface area contributed by atoms with Crippen molar-refractivity contribution in [1.82, 2.24) is 0 Å². The molecule has 1 N–H and O–H groups in total. The van der Waals surface area contributed by atoms with Gasteiger partial charge in [0.1, 0.15) is 0 Å². The molecule has 0 amide bonds. The van der Waals surface area contributed by atoms with Gasteiger partial charge in [0.05, 0.1) is 6.10 Å². The molecular formula is C28H40O7. The van der Waals surface area contributed by atoms with Crippen LogP contribution in [0.5, 0.6) is 0 Å². The van der Waals surface area contributed by atoms with Gasteiger partial charge in [-0.1, -0.05) is 53.2 Å². The zero-order valence-corrected chi connectivity index (χ0v) is 21.9. The normalized spacial score (nSPS) is 38.5. The highest BCUT2D eigenvalue weighted by Crippen LogP contribution is 2.65. The second-order valence-corrected chi connectivity index (χ2v) is 10.9. The predicted molar refractivity (Wildman–Crippen MR) is 130 cm³/mol. The van der Waals surface area contributed by atoms with Crippen LogP contribution in [0.4, 0.5) is 0 Å². The van der Waals surface area contributed by atoms with Gasteiger partial charge < -0.3 is 14.6 Å². The fourth-order valence-corrected chi connectivity index (χ4v) is 7.14. The number of fused-ring (bicyclic) bond motifs is 1. The monoisotopic (exact) mass is 488 g/mol. The molecule has 3 rings (SSSR count). The standard InChI is InChI=1S/C28H40O7/c1-7-18-13-20(29)10-11-26(18,5)21-14-19-12-17(4)28(35-25(33)9-3,27(19,6)15-22(21)30)23(31)16-34-24(32)8-2/h10-11,13,17,19,21-22,30H,7-9,12,14-16H2,1-6H3/t17-,19-,21?,22-,26-,27-,28-/m0/s1. The molecule has 0 aliphatic heterocycles. The van der Waals surface area contributed by atoms with Gasteiger partial charge in [-0.05, 0) is 49.7 Å². The summed E-state index contributed by atoms with van der Waals surface area (Å²) in [5.41, 5.74) is -1.77. The fraction of sp³-hybridized carbons (Fsp3) is 0.714. The van der Waals surface area contributed by atoms with Crippen molar-refractivity contribution in [2.24, 2.45) is 28.6 Å². The third-order valence-corrected chi connectivity index (χ3v) is 9.10. The van der Waals surface area contributed by atoms with E-state index in [1.54, 1.807) is 26.0 Å². The van der Waals surface area contributed by atoms with E-state index in [0.29, 0.717) is 19.3 Å². The second-order valence-electron chi connectivity index (χ2n) is 10.9. The van der Waals surface area contributed by atoms with Crippen LogP contribution in [0, 0.1) is 28.6 Å². The van der Waals surface area contributed by atoms with Crippen molar-refractivity contribution in [2.75, 3.05) is 6.61 Å². The van der Waals surface area contributed by atoms with Crippen LogP contribution in [-0.4, -0.2) is 46.9 Å². The Labute approximate surface area is 208 Å². The first-order valence-corrected chi connectivity index (χ1v) is 12.9. The Kier molecular flexibility index (Phi) is 7.80. The van der Waals surface area contributed by atoms with Gasteiger partial charge in [-0.25, -0.2) is 0 Å². The van der Waals surface area contributed by atoms with Crippen molar-refractivity contribution >= 4 is 23.5 Å². The smallest absolute Gasteiger partial charge is 0.306 e. The number of carbonyl (C=O) groups excluding carboxylic acids is 4. The summed E-state index contributed by atoms with van der Waals surface area (Å²) in [5, 5.41) is 11.5. The molecule has 0 aromatic carbocycles. The molecule has 3 aliphatic carbocycles. The number of ketones is 2. The van der Waals surface area contributed by atoms with Crippen molar-refractivity contribution in [3.8, 4) is 0 Å². The van der Waals surface area contributed by atoms with Gasteiger partial charge in [0, 0.05) is 29.6 Å². The van der Waals surface area contributed by atoms with Gasteiger partial charge in [0.15, 0.2) is 18.0 Å². The Morgan fingerprint density at radius 1 is 1.09 bits per heavy atom. The minimum atomic E-state index is -1.48. The van der Waals surface area contributed by atoms with Crippen molar-refractivity contribution in [3.05, 3.63) is 23.8 Å². The van der Waals surface area contributed by atoms with E-state index in [1.165, 1.54) is 0 Å². The van der Waals surface area contributed by atoms with Crippen LogP contribution in [0.2, 0.25) is 0 Å². The highest BCUT2D eigenvalue weighted by atomic mass is 16.6. The molecule has 7 heteroatoms. The van der Waals surface area contributed by atoms with E-state index in [1.807, 2.05) is 26.8 Å². The average molecular weight is 489 g/mol. The Hall–Kier alpha value is -2.28. The molecule has 0 bridgehead atoms. The van der Waals surface area contributed by atoms with E-state index >= 15 is 0 Å². The fourth-order valence-electron chi connectivity index (χ4n) is 7.14. The van der Waals surface area contributed by atoms with Gasteiger partial charge in [0.25, 0.3) is 0 Å². The Morgan fingerprint density at radius 2 is 1.74 bits per heavy atom. The van der Waals surface area contributed by atoms with Crippen LogP contribution in [0.3, 0.4) is 0 Å². The first-order chi connectivity index (χ1) is 16.4. The Balaban J connectivity index is 2.00. The highest BCUT2D eigenvalue weighted by molar-refractivity contribution is 6.01. The molecule has 7 nitrogen and oxygen atoms in total. The molecule has 0 aromatic rings. The van der Waals surface area contributed by atoms with E-state index in [9.17, 15) is 24.3 Å². The van der Waals surface area contributed by atoms with Crippen LogP contribution >= 0.6 is 0 Å². The van der Waals surface area contributed by atoms with E-state index in [2.05, 4.69) is 6.92 Å². The molecule has 1 unspecified atom stereocenters. The topological polar surface area (TPSA) is 107 Å². The lowest BCUT2D eigenvalue weighted by Crippen LogP contribution is -2.61. The van der Waals surface area contributed by atoms with E-state index in [0.717, 1.165) is 5.57 Å². The number of carbonyl (C=O) groups is 4. The first kappa shape index (κ1) is 27.3. The van der Waals surface area contributed by atoms with Crippen LogP contribution in [0.1, 0.15) is 80.1 Å². The molecule has 2 saturated carbocycles. The summed E-state index contributed by atoms with van der Waals surface area (Å²) in [7, 11) is 0. The lowest BCUT2D eigenvalue weighted by Gasteiger charge is -2.54. The molecule has 3 aliphatic rings. The average Bonchev–Trinajstić information content (AvgIpc) is 3.04. The SMILES string of the molecule is CCC(=O)OCC(=O)[C@@]1(OC(=O)CC)[C@@H](C)C[C@H]2CC([C@@]3(C)C=CC(=O)C=C3CC)[C@@H](O)C[C@@]21C. The third-order valence-electron chi connectivity index (χ3n) is 9.10. The van der Waals surface area contributed by atoms with Crippen molar-refractivity contribution < 1.29 is 33.8 Å². The van der Waals surface area contributed by atoms with Crippen molar-refractivity contribution in [1.29, 1.82) is 0 Å². The largest absolute Gasteiger partial charge is 0.457 e. The van der Waals surface area contributed by atoms with E-state index in [4.69, 9.17) is 9.47 Å².